The van der Waals surface area contributed by atoms with Crippen molar-refractivity contribution in [1.82, 2.24) is 10.6 Å². The van der Waals surface area contributed by atoms with Crippen LogP contribution in [0.15, 0.2) is 0 Å². The molecule has 3 nitrogen and oxygen atoms in total. The molecule has 4 N–H and O–H groups in total. The van der Waals surface area contributed by atoms with Crippen LogP contribution in [0.2, 0.25) is 0 Å². The van der Waals surface area contributed by atoms with Crippen LogP contribution in [0.5, 0.6) is 0 Å². The Kier molecular flexibility index (Phi) is 2.97. The van der Waals surface area contributed by atoms with Crippen molar-refractivity contribution in [3.05, 3.63) is 0 Å². The molecule has 54 valence electrons. The van der Waals surface area contributed by atoms with Gasteiger partial charge in [-0.05, 0) is 19.5 Å². The molecule has 1 aliphatic rings. The molecule has 9 heavy (non-hydrogen) atoms. The molecule has 0 atom stereocenters. The van der Waals surface area contributed by atoms with E-state index in [0.29, 0.717) is 0 Å². The first-order valence-electron chi connectivity index (χ1n) is 3.57. The van der Waals surface area contributed by atoms with E-state index in [0.717, 1.165) is 38.6 Å². The SMILES string of the molecule is NCCCNC1CNC1. The molecule has 0 aromatic heterocycles. The molecule has 1 aliphatic heterocycles. The number of nitrogens with two attached hydrogens (primary N) is 1. The van der Waals surface area contributed by atoms with Gasteiger partial charge in [0, 0.05) is 19.1 Å². The zero-order chi connectivity index (χ0) is 6.53. The molecule has 1 fully saturated rings. The summed E-state index contributed by atoms with van der Waals surface area (Å²) >= 11 is 0. The molecule has 0 spiro atoms. The highest BCUT2D eigenvalue weighted by molar-refractivity contribution is 4.80. The Hall–Kier alpha value is -0.120. The van der Waals surface area contributed by atoms with Crippen molar-refractivity contribution < 1.29 is 0 Å². The number of rotatable bonds is 4. The molecule has 3 heteroatoms. The Morgan fingerprint density at radius 2 is 2.33 bits per heavy atom. The van der Waals surface area contributed by atoms with E-state index in [2.05, 4.69) is 10.6 Å². The van der Waals surface area contributed by atoms with Gasteiger partial charge in [-0.15, -0.1) is 0 Å². The average Bonchev–Trinajstić information content (AvgIpc) is 1.76. The van der Waals surface area contributed by atoms with Crippen molar-refractivity contribution >= 4 is 0 Å². The lowest BCUT2D eigenvalue weighted by atomic mass is 10.2. The van der Waals surface area contributed by atoms with Gasteiger partial charge in [-0.3, -0.25) is 0 Å². The summed E-state index contributed by atoms with van der Waals surface area (Å²) in [7, 11) is 0. The van der Waals surface area contributed by atoms with Gasteiger partial charge in [0.25, 0.3) is 0 Å². The van der Waals surface area contributed by atoms with Crippen molar-refractivity contribution in [3.8, 4) is 0 Å². The molecule has 0 amide bonds. The summed E-state index contributed by atoms with van der Waals surface area (Å²) in [6.45, 7) is 4.13. The van der Waals surface area contributed by atoms with Crippen LogP contribution >= 0.6 is 0 Å². The highest BCUT2D eigenvalue weighted by Gasteiger charge is 2.13. The summed E-state index contributed by atoms with van der Waals surface area (Å²) in [4.78, 5) is 0. The molecule has 1 saturated heterocycles. The predicted molar refractivity (Wildman–Crippen MR) is 38.3 cm³/mol. The van der Waals surface area contributed by atoms with Gasteiger partial charge in [0.05, 0.1) is 0 Å². The molecular weight excluding hydrogens is 114 g/mol. The van der Waals surface area contributed by atoms with E-state index < -0.39 is 0 Å². The van der Waals surface area contributed by atoms with E-state index >= 15 is 0 Å². The zero-order valence-electron chi connectivity index (χ0n) is 5.69. The third-order valence-electron chi connectivity index (χ3n) is 1.60. The van der Waals surface area contributed by atoms with Gasteiger partial charge in [-0.2, -0.15) is 0 Å². The third kappa shape index (κ3) is 2.30. The van der Waals surface area contributed by atoms with E-state index in [4.69, 9.17) is 5.73 Å². The molecule has 0 saturated carbocycles. The second-order valence-corrected chi connectivity index (χ2v) is 2.45. The lowest BCUT2D eigenvalue weighted by molar-refractivity contribution is 0.366. The second-order valence-electron chi connectivity index (χ2n) is 2.45. The fourth-order valence-corrected chi connectivity index (χ4v) is 0.841. The first-order valence-corrected chi connectivity index (χ1v) is 3.57. The summed E-state index contributed by atoms with van der Waals surface area (Å²) < 4.78 is 0. The molecule has 0 bridgehead atoms. The minimum atomic E-state index is 0.719. The largest absolute Gasteiger partial charge is 0.330 e. The van der Waals surface area contributed by atoms with E-state index in [9.17, 15) is 0 Å². The monoisotopic (exact) mass is 129 g/mol. The topological polar surface area (TPSA) is 50.1 Å². The fourth-order valence-electron chi connectivity index (χ4n) is 0.841. The van der Waals surface area contributed by atoms with Crippen LogP contribution in [-0.4, -0.2) is 32.2 Å². The Morgan fingerprint density at radius 3 is 2.78 bits per heavy atom. The zero-order valence-corrected chi connectivity index (χ0v) is 5.69. The molecule has 0 aromatic rings. The molecule has 0 aromatic carbocycles. The van der Waals surface area contributed by atoms with Crippen LogP contribution in [0.25, 0.3) is 0 Å². The molecule has 0 unspecified atom stereocenters. The fraction of sp³-hybridized carbons (Fsp3) is 1.00. The number of hydrogen-bond donors (Lipinski definition) is 3. The van der Waals surface area contributed by atoms with Crippen molar-refractivity contribution in [3.63, 3.8) is 0 Å². The highest BCUT2D eigenvalue weighted by Crippen LogP contribution is 1.89. The Bertz CT molecular complexity index is 70.7. The van der Waals surface area contributed by atoms with Crippen molar-refractivity contribution in [1.29, 1.82) is 0 Å². The maximum Gasteiger partial charge on any atom is 0.0317 e. The first kappa shape index (κ1) is 6.99. The first-order chi connectivity index (χ1) is 4.43. The van der Waals surface area contributed by atoms with Gasteiger partial charge in [-0.1, -0.05) is 0 Å². The maximum atomic E-state index is 5.32. The molecular formula is C6H15N3. The van der Waals surface area contributed by atoms with Crippen LogP contribution in [0.4, 0.5) is 0 Å². The third-order valence-corrected chi connectivity index (χ3v) is 1.60. The smallest absolute Gasteiger partial charge is 0.0317 e. The maximum absolute atomic E-state index is 5.32. The van der Waals surface area contributed by atoms with Gasteiger partial charge < -0.3 is 16.4 Å². The van der Waals surface area contributed by atoms with Gasteiger partial charge in [0.2, 0.25) is 0 Å². The Balaban J connectivity index is 1.80. The number of nitrogens with one attached hydrogen (secondary N) is 2. The van der Waals surface area contributed by atoms with Gasteiger partial charge in [0.1, 0.15) is 0 Å². The normalized spacial score (nSPS) is 19.7. The average molecular weight is 129 g/mol. The van der Waals surface area contributed by atoms with Crippen LogP contribution in [-0.2, 0) is 0 Å². The minimum absolute atomic E-state index is 0.719. The Morgan fingerprint density at radius 1 is 1.56 bits per heavy atom. The molecule has 1 heterocycles. The predicted octanol–water partition coefficient (Wildman–Crippen LogP) is -1.10. The Labute approximate surface area is 56.0 Å². The minimum Gasteiger partial charge on any atom is -0.330 e. The van der Waals surface area contributed by atoms with Crippen molar-refractivity contribution in [2.24, 2.45) is 5.73 Å². The lowest BCUT2D eigenvalue weighted by Crippen LogP contribution is -2.55. The van der Waals surface area contributed by atoms with E-state index in [1.165, 1.54) is 0 Å². The van der Waals surface area contributed by atoms with Gasteiger partial charge in [0.15, 0.2) is 0 Å². The standard InChI is InChI=1S/C6H15N3/c7-2-1-3-9-6-4-8-5-6/h6,8-9H,1-5,7H2. The second kappa shape index (κ2) is 3.82. The van der Waals surface area contributed by atoms with Crippen LogP contribution in [0.1, 0.15) is 6.42 Å². The van der Waals surface area contributed by atoms with E-state index in [1.807, 2.05) is 0 Å². The summed E-state index contributed by atoms with van der Waals surface area (Å²) in [6, 6.07) is 0.719. The van der Waals surface area contributed by atoms with E-state index in [1.54, 1.807) is 0 Å². The summed E-state index contributed by atoms with van der Waals surface area (Å²) in [5.41, 5.74) is 5.32. The highest BCUT2D eigenvalue weighted by atomic mass is 15.1. The molecule has 0 aliphatic carbocycles. The lowest BCUT2D eigenvalue weighted by Gasteiger charge is -2.27. The van der Waals surface area contributed by atoms with Gasteiger partial charge in [-0.25, -0.2) is 0 Å². The van der Waals surface area contributed by atoms with Crippen molar-refractivity contribution in [2.75, 3.05) is 26.2 Å². The van der Waals surface area contributed by atoms with E-state index in [-0.39, 0.29) is 0 Å². The molecule has 0 radical (unpaired) electrons. The van der Waals surface area contributed by atoms with Crippen LogP contribution in [0, 0.1) is 0 Å². The van der Waals surface area contributed by atoms with Gasteiger partial charge >= 0.3 is 0 Å². The van der Waals surface area contributed by atoms with Crippen LogP contribution in [0.3, 0.4) is 0 Å². The summed E-state index contributed by atoms with van der Waals surface area (Å²) in [5, 5.41) is 6.57. The van der Waals surface area contributed by atoms with Crippen LogP contribution < -0.4 is 16.4 Å². The summed E-state index contributed by atoms with van der Waals surface area (Å²) in [6.07, 6.45) is 1.09. The quantitative estimate of drug-likeness (QED) is 0.422. The van der Waals surface area contributed by atoms with Crippen molar-refractivity contribution in [2.45, 2.75) is 12.5 Å². The molecule has 1 rings (SSSR count). The summed E-state index contributed by atoms with van der Waals surface area (Å²) in [5.74, 6) is 0. The number of hydrogen-bond acceptors (Lipinski definition) is 3.